The standard InChI is InChI=1S/C29H26N2O5S/c1-18-9-10-20(14-22(18)13-19-5-4-6-23(32)15-19)17-30-28(33)21-11-12-27-25(16-21)31-29(34)24-7-2-3-8-26(24)37(27,35)36/h2-8,10-12,14-16,18,32H,9,13,17H2,1H3,(H,30,33)(H,31,34). The predicted molar refractivity (Wildman–Crippen MR) is 140 cm³/mol. The summed E-state index contributed by atoms with van der Waals surface area (Å²) in [7, 11) is -3.93. The van der Waals surface area contributed by atoms with Crippen LogP contribution in [0, 0.1) is 5.92 Å². The van der Waals surface area contributed by atoms with Crippen LogP contribution >= 0.6 is 0 Å². The fraction of sp³-hybridized carbons (Fsp3) is 0.172. The third-order valence-electron chi connectivity index (χ3n) is 6.71. The maximum Gasteiger partial charge on any atom is 0.257 e. The van der Waals surface area contributed by atoms with Gasteiger partial charge in [-0.25, -0.2) is 8.42 Å². The molecule has 37 heavy (non-hydrogen) atoms. The number of benzene rings is 3. The molecule has 1 unspecified atom stereocenters. The molecule has 0 fully saturated rings. The Morgan fingerprint density at radius 1 is 1.05 bits per heavy atom. The van der Waals surface area contributed by atoms with Crippen LogP contribution in [0.4, 0.5) is 5.69 Å². The van der Waals surface area contributed by atoms with Crippen molar-refractivity contribution in [3.63, 3.8) is 0 Å². The number of sulfone groups is 1. The molecule has 7 nitrogen and oxygen atoms in total. The number of hydrogen-bond donors (Lipinski definition) is 3. The summed E-state index contributed by atoms with van der Waals surface area (Å²) < 4.78 is 26.3. The molecule has 0 spiro atoms. The maximum atomic E-state index is 13.2. The van der Waals surface area contributed by atoms with Crippen LogP contribution in [-0.2, 0) is 16.3 Å². The molecule has 2 amide bonds. The Morgan fingerprint density at radius 2 is 1.86 bits per heavy atom. The molecule has 8 heteroatoms. The summed E-state index contributed by atoms with van der Waals surface area (Å²) in [6, 6.07) is 17.4. The monoisotopic (exact) mass is 514 g/mol. The van der Waals surface area contributed by atoms with Gasteiger partial charge in [-0.2, -0.15) is 0 Å². The van der Waals surface area contributed by atoms with Gasteiger partial charge in [-0.15, -0.1) is 0 Å². The van der Waals surface area contributed by atoms with Crippen molar-refractivity contribution in [3.05, 3.63) is 107 Å². The van der Waals surface area contributed by atoms with Crippen LogP contribution in [0.5, 0.6) is 5.75 Å². The number of fused-ring (bicyclic) bond motifs is 2. The molecule has 0 aromatic heterocycles. The summed E-state index contributed by atoms with van der Waals surface area (Å²) in [6.07, 6.45) is 5.73. The van der Waals surface area contributed by atoms with E-state index in [2.05, 4.69) is 29.7 Å². The Morgan fingerprint density at radius 3 is 2.68 bits per heavy atom. The van der Waals surface area contributed by atoms with E-state index in [0.29, 0.717) is 18.9 Å². The van der Waals surface area contributed by atoms with E-state index in [1.807, 2.05) is 12.1 Å². The number of amides is 2. The minimum absolute atomic E-state index is 0.0501. The molecule has 1 aliphatic heterocycles. The zero-order valence-corrected chi connectivity index (χ0v) is 21.0. The van der Waals surface area contributed by atoms with Gasteiger partial charge in [0.15, 0.2) is 0 Å². The Bertz CT molecular complexity index is 1590. The molecule has 1 heterocycles. The molecule has 3 aromatic carbocycles. The molecular formula is C29H26N2O5S. The van der Waals surface area contributed by atoms with Crippen LogP contribution < -0.4 is 10.6 Å². The molecule has 0 bridgehead atoms. The quantitative estimate of drug-likeness (QED) is 0.459. The van der Waals surface area contributed by atoms with Crippen molar-refractivity contribution in [2.24, 2.45) is 5.92 Å². The summed E-state index contributed by atoms with van der Waals surface area (Å²) in [5.41, 5.74) is 3.60. The highest BCUT2D eigenvalue weighted by Crippen LogP contribution is 2.34. The third-order valence-corrected chi connectivity index (χ3v) is 8.58. The van der Waals surface area contributed by atoms with Gasteiger partial charge in [0.2, 0.25) is 9.84 Å². The van der Waals surface area contributed by atoms with Gasteiger partial charge >= 0.3 is 0 Å². The van der Waals surface area contributed by atoms with Gasteiger partial charge in [0.1, 0.15) is 5.75 Å². The lowest BCUT2D eigenvalue weighted by atomic mass is 9.86. The second-order valence-corrected chi connectivity index (χ2v) is 11.2. The second-order valence-electron chi connectivity index (χ2n) is 9.33. The van der Waals surface area contributed by atoms with Crippen LogP contribution in [-0.4, -0.2) is 31.9 Å². The molecule has 2 aliphatic rings. The number of carbonyl (C=O) groups is 2. The number of carbonyl (C=O) groups excluding carboxylic acids is 2. The van der Waals surface area contributed by atoms with Crippen LogP contribution in [0.15, 0.2) is 99.8 Å². The zero-order chi connectivity index (χ0) is 26.2. The highest BCUT2D eigenvalue weighted by molar-refractivity contribution is 7.91. The zero-order valence-electron chi connectivity index (χ0n) is 20.2. The highest BCUT2D eigenvalue weighted by Gasteiger charge is 2.31. The molecule has 1 atom stereocenters. The molecule has 5 rings (SSSR count). The number of rotatable bonds is 5. The number of nitrogens with one attached hydrogen (secondary N) is 2. The summed E-state index contributed by atoms with van der Waals surface area (Å²) >= 11 is 0. The van der Waals surface area contributed by atoms with Crippen molar-refractivity contribution < 1.29 is 23.1 Å². The first kappa shape index (κ1) is 24.5. The first-order chi connectivity index (χ1) is 17.7. The summed E-state index contributed by atoms with van der Waals surface area (Å²) in [5, 5.41) is 15.3. The molecule has 0 saturated heterocycles. The van der Waals surface area contributed by atoms with E-state index >= 15 is 0 Å². The topological polar surface area (TPSA) is 113 Å². The molecule has 3 N–H and O–H groups in total. The SMILES string of the molecule is CC1CC=C(CNC(=O)c2ccc3c(c2)NC(=O)c2ccccc2S3(=O)=O)C=C1Cc1cccc(O)c1. The number of hydrogen-bond acceptors (Lipinski definition) is 5. The molecular weight excluding hydrogens is 488 g/mol. The average Bonchev–Trinajstić information content (AvgIpc) is 2.96. The molecule has 188 valence electrons. The van der Waals surface area contributed by atoms with Gasteiger partial charge < -0.3 is 15.7 Å². The lowest BCUT2D eigenvalue weighted by Crippen LogP contribution is -2.26. The predicted octanol–water partition coefficient (Wildman–Crippen LogP) is 4.66. The second kappa shape index (κ2) is 9.71. The van der Waals surface area contributed by atoms with Gasteiger partial charge in [0, 0.05) is 12.1 Å². The fourth-order valence-corrected chi connectivity index (χ4v) is 6.25. The molecule has 3 aromatic rings. The Balaban J connectivity index is 1.32. The van der Waals surface area contributed by atoms with Gasteiger partial charge in [-0.05, 0) is 72.4 Å². The first-order valence-electron chi connectivity index (χ1n) is 12.0. The van der Waals surface area contributed by atoms with Crippen LogP contribution in [0.25, 0.3) is 0 Å². The van der Waals surface area contributed by atoms with E-state index < -0.39 is 15.7 Å². The lowest BCUT2D eigenvalue weighted by molar-refractivity contribution is 0.0955. The van der Waals surface area contributed by atoms with E-state index in [-0.39, 0.29) is 38.3 Å². The highest BCUT2D eigenvalue weighted by atomic mass is 32.2. The summed E-state index contributed by atoms with van der Waals surface area (Å²) in [5.74, 6) is -0.334. The molecule has 0 radical (unpaired) electrons. The van der Waals surface area contributed by atoms with Crippen molar-refractivity contribution in [1.29, 1.82) is 0 Å². The number of anilines is 1. The maximum absolute atomic E-state index is 13.2. The van der Waals surface area contributed by atoms with Crippen LogP contribution in [0.3, 0.4) is 0 Å². The summed E-state index contributed by atoms with van der Waals surface area (Å²) in [6.45, 7) is 2.46. The van der Waals surface area contributed by atoms with Crippen LogP contribution in [0.1, 0.15) is 39.6 Å². The number of phenolic OH excluding ortho intramolecular Hbond substituents is 1. The minimum atomic E-state index is -3.93. The molecule has 0 saturated carbocycles. The Kier molecular flexibility index (Phi) is 6.43. The van der Waals surface area contributed by atoms with Crippen molar-refractivity contribution in [2.45, 2.75) is 29.6 Å². The van der Waals surface area contributed by atoms with E-state index in [4.69, 9.17) is 0 Å². The normalized spacial score (nSPS) is 17.9. The molecule has 1 aliphatic carbocycles. The summed E-state index contributed by atoms with van der Waals surface area (Å²) in [4.78, 5) is 25.5. The number of aromatic hydroxyl groups is 1. The van der Waals surface area contributed by atoms with Crippen molar-refractivity contribution >= 4 is 27.3 Å². The third kappa shape index (κ3) is 4.93. The minimum Gasteiger partial charge on any atom is -0.508 e. The first-order valence-corrected chi connectivity index (χ1v) is 13.5. The van der Waals surface area contributed by atoms with Crippen molar-refractivity contribution in [1.82, 2.24) is 5.32 Å². The van der Waals surface area contributed by atoms with Crippen molar-refractivity contribution in [2.75, 3.05) is 11.9 Å². The van der Waals surface area contributed by atoms with Gasteiger partial charge in [-0.1, -0.05) is 48.9 Å². The number of phenols is 1. The Hall–Kier alpha value is -4.17. The lowest BCUT2D eigenvalue weighted by Gasteiger charge is -2.21. The van der Waals surface area contributed by atoms with Crippen molar-refractivity contribution in [3.8, 4) is 5.75 Å². The van der Waals surface area contributed by atoms with Crippen LogP contribution in [0.2, 0.25) is 0 Å². The largest absolute Gasteiger partial charge is 0.508 e. The van der Waals surface area contributed by atoms with E-state index in [9.17, 15) is 23.1 Å². The van der Waals surface area contributed by atoms with E-state index in [1.165, 1.54) is 35.9 Å². The van der Waals surface area contributed by atoms with E-state index in [1.54, 1.807) is 24.3 Å². The smallest absolute Gasteiger partial charge is 0.257 e. The number of allylic oxidation sites excluding steroid dienone is 2. The Labute approximate surface area is 215 Å². The van der Waals surface area contributed by atoms with Gasteiger partial charge in [-0.3, -0.25) is 9.59 Å². The fourth-order valence-electron chi connectivity index (χ4n) is 4.65. The van der Waals surface area contributed by atoms with Gasteiger partial charge in [0.05, 0.1) is 21.0 Å². The average molecular weight is 515 g/mol. The van der Waals surface area contributed by atoms with E-state index in [0.717, 1.165) is 17.6 Å². The van der Waals surface area contributed by atoms with Gasteiger partial charge in [0.25, 0.3) is 11.8 Å².